The lowest BCUT2D eigenvalue weighted by molar-refractivity contribution is 0.610. The third kappa shape index (κ3) is 2.64. The number of benzene rings is 2. The van der Waals surface area contributed by atoms with Crippen molar-refractivity contribution in [2.24, 2.45) is 0 Å². The second kappa shape index (κ2) is 4.96. The highest BCUT2D eigenvalue weighted by Crippen LogP contribution is 2.28. The molecule has 2 aromatic carbocycles. The first-order chi connectivity index (χ1) is 8.04. The first kappa shape index (κ1) is 12.9. The molecule has 0 heterocycles. The van der Waals surface area contributed by atoms with Crippen LogP contribution in [0.25, 0.3) is 10.8 Å². The highest BCUT2D eigenvalue weighted by Gasteiger charge is 2.15. The van der Waals surface area contributed by atoms with E-state index >= 15 is 0 Å². The Morgan fingerprint density at radius 1 is 1.06 bits per heavy atom. The van der Waals surface area contributed by atoms with Crippen molar-refractivity contribution >= 4 is 46.4 Å². The third-order valence-electron chi connectivity index (χ3n) is 2.60. The fraction of sp³-hybridized carbons (Fsp3) is 0.167. The van der Waals surface area contributed by atoms with E-state index in [0.29, 0.717) is 5.39 Å². The zero-order valence-corrected chi connectivity index (χ0v) is 12.0. The SMILES string of the molecule is O=S(=O)(Cl)c1ccc(CCBr)c2ccccc12. The van der Waals surface area contributed by atoms with E-state index in [4.69, 9.17) is 10.7 Å². The van der Waals surface area contributed by atoms with Gasteiger partial charge in [0, 0.05) is 21.4 Å². The van der Waals surface area contributed by atoms with Gasteiger partial charge in [-0.2, -0.15) is 0 Å². The highest BCUT2D eigenvalue weighted by atomic mass is 79.9. The summed E-state index contributed by atoms with van der Waals surface area (Å²) in [5.74, 6) is 0. The Morgan fingerprint density at radius 2 is 1.71 bits per heavy atom. The number of hydrogen-bond donors (Lipinski definition) is 0. The molecule has 0 radical (unpaired) electrons. The molecule has 0 bridgehead atoms. The molecule has 0 spiro atoms. The van der Waals surface area contributed by atoms with E-state index in [1.807, 2.05) is 24.3 Å². The molecular formula is C12H10BrClO2S. The van der Waals surface area contributed by atoms with Gasteiger partial charge in [0.2, 0.25) is 0 Å². The van der Waals surface area contributed by atoms with Crippen molar-refractivity contribution in [1.29, 1.82) is 0 Å². The molecule has 90 valence electrons. The second-order valence-electron chi connectivity index (χ2n) is 3.65. The molecule has 0 unspecified atom stereocenters. The third-order valence-corrected chi connectivity index (χ3v) is 4.38. The molecule has 0 aliphatic heterocycles. The normalized spacial score (nSPS) is 11.9. The van der Waals surface area contributed by atoms with E-state index in [9.17, 15) is 8.42 Å². The van der Waals surface area contributed by atoms with E-state index < -0.39 is 9.05 Å². The topological polar surface area (TPSA) is 34.1 Å². The molecule has 0 fully saturated rings. The summed E-state index contributed by atoms with van der Waals surface area (Å²) < 4.78 is 22.9. The van der Waals surface area contributed by atoms with Crippen LogP contribution < -0.4 is 0 Å². The van der Waals surface area contributed by atoms with Crippen LogP contribution >= 0.6 is 26.6 Å². The van der Waals surface area contributed by atoms with Crippen LogP contribution in [0.5, 0.6) is 0 Å². The summed E-state index contributed by atoms with van der Waals surface area (Å²) in [7, 11) is 1.73. The monoisotopic (exact) mass is 332 g/mol. The second-order valence-corrected chi connectivity index (χ2v) is 6.97. The average molecular weight is 334 g/mol. The summed E-state index contributed by atoms with van der Waals surface area (Å²) in [5, 5.41) is 2.46. The van der Waals surface area contributed by atoms with Gasteiger partial charge in [0.25, 0.3) is 9.05 Å². The number of aryl methyl sites for hydroxylation is 1. The number of halogens is 2. The summed E-state index contributed by atoms with van der Waals surface area (Å²) in [4.78, 5) is 0.174. The molecule has 0 atom stereocenters. The first-order valence-corrected chi connectivity index (χ1v) is 8.48. The maximum absolute atomic E-state index is 11.5. The van der Waals surface area contributed by atoms with Crippen molar-refractivity contribution in [1.82, 2.24) is 0 Å². The fourth-order valence-corrected chi connectivity index (χ4v) is 3.37. The molecule has 2 rings (SSSR count). The van der Waals surface area contributed by atoms with Gasteiger partial charge in [-0.05, 0) is 23.4 Å². The van der Waals surface area contributed by atoms with E-state index in [-0.39, 0.29) is 4.90 Å². The van der Waals surface area contributed by atoms with Crippen LogP contribution in [0.3, 0.4) is 0 Å². The van der Waals surface area contributed by atoms with Crippen LogP contribution in [0, 0.1) is 0 Å². The Kier molecular flexibility index (Phi) is 3.76. The predicted molar refractivity (Wildman–Crippen MR) is 74.5 cm³/mol. The summed E-state index contributed by atoms with van der Waals surface area (Å²) in [6.45, 7) is 0. The molecule has 0 aliphatic rings. The van der Waals surface area contributed by atoms with Gasteiger partial charge in [0.05, 0.1) is 4.90 Å². The molecule has 2 aromatic rings. The van der Waals surface area contributed by atoms with Crippen molar-refractivity contribution in [3.05, 3.63) is 42.0 Å². The molecule has 0 saturated carbocycles. The van der Waals surface area contributed by atoms with E-state index in [2.05, 4.69) is 15.9 Å². The minimum absolute atomic E-state index is 0.174. The standard InChI is InChI=1S/C12H10BrClO2S/c13-8-7-9-5-6-12(17(14,15)16)11-4-2-1-3-10(9)11/h1-6H,7-8H2. The minimum Gasteiger partial charge on any atom is -0.207 e. The lowest BCUT2D eigenvalue weighted by Gasteiger charge is -2.08. The van der Waals surface area contributed by atoms with Crippen LogP contribution in [0.1, 0.15) is 5.56 Å². The van der Waals surface area contributed by atoms with Crippen molar-refractivity contribution in [3.63, 3.8) is 0 Å². The van der Waals surface area contributed by atoms with Gasteiger partial charge < -0.3 is 0 Å². The number of alkyl halides is 1. The molecule has 0 aliphatic carbocycles. The Hall–Kier alpha value is -0.580. The van der Waals surface area contributed by atoms with Crippen molar-refractivity contribution < 1.29 is 8.42 Å². The Labute approximate surface area is 113 Å². The quantitative estimate of drug-likeness (QED) is 0.634. The smallest absolute Gasteiger partial charge is 0.207 e. The number of rotatable bonds is 3. The minimum atomic E-state index is -3.70. The summed E-state index contributed by atoms with van der Waals surface area (Å²) in [5.41, 5.74) is 1.11. The van der Waals surface area contributed by atoms with Crippen LogP contribution in [0.4, 0.5) is 0 Å². The molecule has 5 heteroatoms. The zero-order chi connectivity index (χ0) is 12.5. The molecule has 17 heavy (non-hydrogen) atoms. The van der Waals surface area contributed by atoms with E-state index in [1.165, 1.54) is 0 Å². The van der Waals surface area contributed by atoms with Gasteiger partial charge in [0.15, 0.2) is 0 Å². The van der Waals surface area contributed by atoms with Gasteiger partial charge in [-0.15, -0.1) is 0 Å². The summed E-state index contributed by atoms with van der Waals surface area (Å²) in [6, 6.07) is 10.8. The summed E-state index contributed by atoms with van der Waals surface area (Å²) in [6.07, 6.45) is 0.850. The average Bonchev–Trinajstić information content (AvgIpc) is 2.28. The van der Waals surface area contributed by atoms with E-state index in [1.54, 1.807) is 12.1 Å². The zero-order valence-electron chi connectivity index (χ0n) is 8.86. The highest BCUT2D eigenvalue weighted by molar-refractivity contribution is 9.09. The molecular weight excluding hydrogens is 324 g/mol. The van der Waals surface area contributed by atoms with Crippen LogP contribution in [0.2, 0.25) is 0 Å². The first-order valence-electron chi connectivity index (χ1n) is 5.05. The molecule has 0 saturated heterocycles. The van der Waals surface area contributed by atoms with Crippen LogP contribution in [0.15, 0.2) is 41.3 Å². The molecule has 0 N–H and O–H groups in total. The van der Waals surface area contributed by atoms with Crippen molar-refractivity contribution in [2.45, 2.75) is 11.3 Å². The predicted octanol–water partition coefficient (Wildman–Crippen LogP) is 3.70. The van der Waals surface area contributed by atoms with Crippen LogP contribution in [-0.2, 0) is 15.5 Å². The maximum Gasteiger partial charge on any atom is 0.261 e. The number of hydrogen-bond acceptors (Lipinski definition) is 2. The largest absolute Gasteiger partial charge is 0.261 e. The summed E-state index contributed by atoms with van der Waals surface area (Å²) >= 11 is 3.39. The van der Waals surface area contributed by atoms with E-state index in [0.717, 1.165) is 22.7 Å². The van der Waals surface area contributed by atoms with Crippen LogP contribution in [-0.4, -0.2) is 13.7 Å². The molecule has 0 aromatic heterocycles. The Balaban J connectivity index is 2.80. The van der Waals surface area contributed by atoms with Gasteiger partial charge in [-0.25, -0.2) is 8.42 Å². The molecule has 2 nitrogen and oxygen atoms in total. The number of fused-ring (bicyclic) bond motifs is 1. The van der Waals surface area contributed by atoms with Crippen molar-refractivity contribution in [3.8, 4) is 0 Å². The van der Waals surface area contributed by atoms with Gasteiger partial charge >= 0.3 is 0 Å². The Morgan fingerprint density at radius 3 is 2.29 bits per heavy atom. The van der Waals surface area contributed by atoms with Gasteiger partial charge in [-0.1, -0.05) is 46.3 Å². The van der Waals surface area contributed by atoms with Gasteiger partial charge in [-0.3, -0.25) is 0 Å². The fourth-order valence-electron chi connectivity index (χ4n) is 1.87. The molecule has 0 amide bonds. The lowest BCUT2D eigenvalue weighted by atomic mass is 10.0. The Bertz CT molecular complexity index is 653. The van der Waals surface area contributed by atoms with Crippen molar-refractivity contribution in [2.75, 3.05) is 5.33 Å². The lowest BCUT2D eigenvalue weighted by Crippen LogP contribution is -1.95. The maximum atomic E-state index is 11.5. The van der Waals surface area contributed by atoms with Gasteiger partial charge in [0.1, 0.15) is 0 Å².